The molecule has 0 aliphatic carbocycles. The number of likely N-dealkylation sites (tertiary alicyclic amines) is 1. The first-order valence-electron chi connectivity index (χ1n) is 13.6. The fourth-order valence-corrected chi connectivity index (χ4v) is 5.74. The molecule has 1 aliphatic heterocycles. The molecule has 3 aromatic rings. The van der Waals surface area contributed by atoms with Gasteiger partial charge in [-0.3, -0.25) is 9.78 Å². The molecule has 0 radical (unpaired) electrons. The van der Waals surface area contributed by atoms with Gasteiger partial charge in [0.1, 0.15) is 11.5 Å². The Morgan fingerprint density at radius 3 is 2.55 bits per heavy atom. The lowest BCUT2D eigenvalue weighted by Gasteiger charge is -2.38. The maximum Gasteiger partial charge on any atom is 0.303 e. The summed E-state index contributed by atoms with van der Waals surface area (Å²) in [6.45, 7) is 2.78. The molecule has 38 heavy (non-hydrogen) atoms. The monoisotopic (exact) mass is 520 g/mol. The van der Waals surface area contributed by atoms with Gasteiger partial charge in [-0.2, -0.15) is 0 Å². The van der Waals surface area contributed by atoms with Crippen molar-refractivity contribution >= 4 is 16.9 Å². The molecule has 2 N–H and O–H groups in total. The second-order valence-electron chi connectivity index (χ2n) is 10.4. The van der Waals surface area contributed by atoms with Crippen molar-refractivity contribution in [1.82, 2.24) is 9.88 Å². The van der Waals surface area contributed by atoms with E-state index in [9.17, 15) is 15.0 Å². The minimum Gasteiger partial charge on any atom is -0.497 e. The number of benzene rings is 2. The van der Waals surface area contributed by atoms with E-state index < -0.39 is 12.1 Å². The molecule has 1 fully saturated rings. The highest BCUT2D eigenvalue weighted by atomic mass is 16.5. The first kappa shape index (κ1) is 27.9. The molecule has 1 aromatic heterocycles. The van der Waals surface area contributed by atoms with Crippen molar-refractivity contribution in [3.63, 3.8) is 0 Å². The maximum absolute atomic E-state index is 11.7. The number of carboxylic acid groups (broad SMARTS) is 1. The molecule has 0 amide bonds. The van der Waals surface area contributed by atoms with E-state index in [1.54, 1.807) is 20.4 Å². The number of aliphatic carboxylic acids is 1. The topological polar surface area (TPSA) is 92.1 Å². The van der Waals surface area contributed by atoms with Gasteiger partial charge in [-0.1, -0.05) is 12.1 Å². The lowest BCUT2D eigenvalue weighted by atomic mass is 9.79. The molecule has 0 unspecified atom stereocenters. The van der Waals surface area contributed by atoms with E-state index in [0.717, 1.165) is 79.7 Å². The highest BCUT2D eigenvalue weighted by molar-refractivity contribution is 5.83. The van der Waals surface area contributed by atoms with Crippen molar-refractivity contribution in [2.45, 2.75) is 51.0 Å². The number of hydrogen-bond acceptors (Lipinski definition) is 6. The number of carboxylic acids is 1. The summed E-state index contributed by atoms with van der Waals surface area (Å²) in [5.41, 5.74) is 2.98. The third-order valence-corrected chi connectivity index (χ3v) is 7.91. The molecule has 204 valence electrons. The fourth-order valence-electron chi connectivity index (χ4n) is 5.74. The van der Waals surface area contributed by atoms with E-state index in [1.165, 1.54) is 5.56 Å². The van der Waals surface area contributed by atoms with Crippen molar-refractivity contribution in [2.75, 3.05) is 33.9 Å². The standard InChI is InChI=1S/C31H40N2O5/c1-37-25-9-6-22(7-10-25)5-3-4-17-33-18-15-23(24(21-33)19-31(35)36)8-13-30(34)27-14-16-32-29-12-11-26(38-2)20-28(27)29/h6-7,9-12,14,16,20,23-24,30,34H,3-5,8,13,15,17-19,21H2,1-2H3,(H,35,36)/t23-,24+,30-/m1/s1. The summed E-state index contributed by atoms with van der Waals surface area (Å²) in [5.74, 6) is 1.26. The molecule has 7 nitrogen and oxygen atoms in total. The highest BCUT2D eigenvalue weighted by Gasteiger charge is 2.31. The number of hydrogen-bond donors (Lipinski definition) is 2. The smallest absolute Gasteiger partial charge is 0.303 e. The number of rotatable bonds is 13. The number of pyridine rings is 1. The number of unbranched alkanes of at least 4 members (excludes halogenated alkanes) is 1. The Kier molecular flexibility index (Phi) is 9.96. The van der Waals surface area contributed by atoms with Crippen LogP contribution in [0, 0.1) is 11.8 Å². The van der Waals surface area contributed by atoms with Crippen molar-refractivity contribution in [2.24, 2.45) is 11.8 Å². The highest BCUT2D eigenvalue weighted by Crippen LogP contribution is 2.35. The minimum absolute atomic E-state index is 0.101. The third kappa shape index (κ3) is 7.45. The summed E-state index contributed by atoms with van der Waals surface area (Å²) in [7, 11) is 3.31. The van der Waals surface area contributed by atoms with Crippen molar-refractivity contribution in [3.8, 4) is 11.5 Å². The Hall–Kier alpha value is -3.16. The number of methoxy groups -OCH3 is 2. The van der Waals surface area contributed by atoms with E-state index >= 15 is 0 Å². The first-order valence-corrected chi connectivity index (χ1v) is 13.6. The number of aliphatic hydroxyl groups is 1. The Balaban J connectivity index is 1.29. The number of fused-ring (bicyclic) bond motifs is 1. The predicted molar refractivity (Wildman–Crippen MR) is 149 cm³/mol. The Labute approximate surface area is 225 Å². The van der Waals surface area contributed by atoms with E-state index in [0.29, 0.717) is 12.3 Å². The first-order chi connectivity index (χ1) is 18.5. The second kappa shape index (κ2) is 13.6. The fraction of sp³-hybridized carbons (Fsp3) is 0.484. The van der Waals surface area contributed by atoms with Crippen LogP contribution in [-0.4, -0.2) is 59.9 Å². The molecule has 2 aromatic carbocycles. The van der Waals surface area contributed by atoms with Crippen LogP contribution in [0.25, 0.3) is 10.9 Å². The number of aliphatic hydroxyl groups excluding tert-OH is 1. The lowest BCUT2D eigenvalue weighted by Crippen LogP contribution is -2.41. The van der Waals surface area contributed by atoms with Gasteiger partial charge in [-0.25, -0.2) is 0 Å². The molecule has 2 heterocycles. The molecule has 1 saturated heterocycles. The summed E-state index contributed by atoms with van der Waals surface area (Å²) < 4.78 is 10.6. The van der Waals surface area contributed by atoms with E-state index in [2.05, 4.69) is 22.0 Å². The zero-order valence-corrected chi connectivity index (χ0v) is 22.5. The Morgan fingerprint density at radius 1 is 1.05 bits per heavy atom. The quantitative estimate of drug-likeness (QED) is 0.288. The SMILES string of the molecule is COc1ccc(CCCCN2CC[C@@H](CC[C@@H](O)c3ccnc4ccc(OC)cc34)[C@@H](CC(=O)O)C2)cc1. The van der Waals surface area contributed by atoms with Gasteiger partial charge in [0.15, 0.2) is 0 Å². The van der Waals surface area contributed by atoms with Crippen LogP contribution in [0.4, 0.5) is 0 Å². The van der Waals surface area contributed by atoms with Crippen molar-refractivity contribution < 1.29 is 24.5 Å². The zero-order valence-electron chi connectivity index (χ0n) is 22.5. The molecule has 3 atom stereocenters. The van der Waals surface area contributed by atoms with Crippen molar-refractivity contribution in [3.05, 3.63) is 65.9 Å². The van der Waals surface area contributed by atoms with Crippen LogP contribution < -0.4 is 9.47 Å². The Bertz CT molecular complexity index is 1180. The van der Waals surface area contributed by atoms with E-state index in [-0.39, 0.29) is 12.3 Å². The predicted octanol–water partition coefficient (Wildman–Crippen LogP) is 5.50. The van der Waals surface area contributed by atoms with Crippen LogP contribution >= 0.6 is 0 Å². The van der Waals surface area contributed by atoms with Crippen LogP contribution in [0.15, 0.2) is 54.7 Å². The van der Waals surface area contributed by atoms with Crippen LogP contribution in [0.5, 0.6) is 11.5 Å². The number of ether oxygens (including phenoxy) is 2. The van der Waals surface area contributed by atoms with E-state index in [4.69, 9.17) is 9.47 Å². The van der Waals surface area contributed by atoms with Crippen molar-refractivity contribution in [1.29, 1.82) is 0 Å². The lowest BCUT2D eigenvalue weighted by molar-refractivity contribution is -0.139. The van der Waals surface area contributed by atoms with Gasteiger partial charge in [-0.05, 0) is 111 Å². The molecule has 1 aliphatic rings. The summed E-state index contributed by atoms with van der Waals surface area (Å²) >= 11 is 0. The number of nitrogens with zero attached hydrogens (tertiary/aromatic N) is 2. The molecule has 7 heteroatoms. The van der Waals surface area contributed by atoms with Gasteiger partial charge in [0, 0.05) is 24.5 Å². The average Bonchev–Trinajstić information content (AvgIpc) is 2.94. The van der Waals surface area contributed by atoms with Gasteiger partial charge >= 0.3 is 5.97 Å². The molecular formula is C31H40N2O5. The van der Waals surface area contributed by atoms with Crippen LogP contribution in [0.1, 0.15) is 55.8 Å². The van der Waals surface area contributed by atoms with Gasteiger partial charge < -0.3 is 24.6 Å². The molecular weight excluding hydrogens is 480 g/mol. The zero-order chi connectivity index (χ0) is 26.9. The third-order valence-electron chi connectivity index (χ3n) is 7.91. The number of aryl methyl sites for hydroxylation is 1. The summed E-state index contributed by atoms with van der Waals surface area (Å²) in [6.07, 6.45) is 6.87. The summed E-state index contributed by atoms with van der Waals surface area (Å²) in [5, 5.41) is 21.6. The van der Waals surface area contributed by atoms with Gasteiger partial charge in [0.25, 0.3) is 0 Å². The Morgan fingerprint density at radius 2 is 1.82 bits per heavy atom. The molecule has 4 rings (SSSR count). The minimum atomic E-state index is -0.742. The van der Waals surface area contributed by atoms with Gasteiger partial charge in [0.2, 0.25) is 0 Å². The molecule has 0 saturated carbocycles. The summed E-state index contributed by atoms with van der Waals surface area (Å²) in [4.78, 5) is 18.5. The second-order valence-corrected chi connectivity index (χ2v) is 10.4. The molecule has 0 spiro atoms. The van der Waals surface area contributed by atoms with Gasteiger partial charge in [0.05, 0.1) is 25.8 Å². The van der Waals surface area contributed by atoms with Crippen LogP contribution in [-0.2, 0) is 11.2 Å². The van der Waals surface area contributed by atoms with Crippen LogP contribution in [0.2, 0.25) is 0 Å². The largest absolute Gasteiger partial charge is 0.497 e. The maximum atomic E-state index is 11.7. The number of aromatic nitrogens is 1. The number of piperidine rings is 1. The summed E-state index contributed by atoms with van der Waals surface area (Å²) in [6, 6.07) is 15.8. The van der Waals surface area contributed by atoms with Gasteiger partial charge in [-0.15, -0.1) is 0 Å². The molecule has 0 bridgehead atoms. The number of carbonyl (C=O) groups is 1. The van der Waals surface area contributed by atoms with Crippen LogP contribution in [0.3, 0.4) is 0 Å². The van der Waals surface area contributed by atoms with E-state index in [1.807, 2.05) is 36.4 Å². The average molecular weight is 521 g/mol. The normalized spacial score (nSPS) is 18.8.